The molecule has 0 saturated carbocycles. The third kappa shape index (κ3) is 2.55. The van der Waals surface area contributed by atoms with Crippen LogP contribution in [0.25, 0.3) is 0 Å². The van der Waals surface area contributed by atoms with Gasteiger partial charge in [-0.2, -0.15) is 5.26 Å². The van der Waals surface area contributed by atoms with Crippen molar-refractivity contribution in [3.05, 3.63) is 8.57 Å². The quantitative estimate of drug-likeness (QED) is 0.564. The molecule has 0 atom stereocenters. The van der Waals surface area contributed by atoms with Crippen LogP contribution in [0.2, 0.25) is 0 Å². The van der Waals surface area contributed by atoms with Gasteiger partial charge < -0.3 is 0 Å². The molecule has 0 aromatic heterocycles. The van der Waals surface area contributed by atoms with E-state index in [-0.39, 0.29) is 41.5 Å². The average molecular weight is 410 g/mol. The van der Waals surface area contributed by atoms with Crippen molar-refractivity contribution in [2.45, 2.75) is 0 Å². The van der Waals surface area contributed by atoms with Gasteiger partial charge in [0.1, 0.15) is 7.58 Å². The molecule has 0 spiro atoms. The average Bonchev–Trinajstić information content (AvgIpc) is 1.90. The molecule has 1 nitrogen and oxygen atoms in total. The first-order valence-electron chi connectivity index (χ1n) is 2.05. The Kier molecular flexibility index (Phi) is 3.50. The molecule has 0 unspecified atom stereocenters. The molecule has 0 radical (unpaired) electrons. The fourth-order valence-corrected chi connectivity index (χ4v) is 6.55. The lowest BCUT2D eigenvalue weighted by molar-refractivity contribution is 1.56. The zero-order valence-electron chi connectivity index (χ0n) is 4.24. The van der Waals surface area contributed by atoms with Gasteiger partial charge in [0, 0.05) is 4.48 Å². The topological polar surface area (TPSA) is 23.8 Å². The Morgan fingerprint density at radius 1 is 1.67 bits per heavy atom. The van der Waals surface area contributed by atoms with Gasteiger partial charge in [-0.25, -0.2) is 0 Å². The summed E-state index contributed by atoms with van der Waals surface area (Å²) < 4.78 is 6.65. The van der Waals surface area contributed by atoms with E-state index in [0.29, 0.717) is 0 Å². The van der Waals surface area contributed by atoms with E-state index in [1.54, 1.807) is 0 Å². The van der Waals surface area contributed by atoms with E-state index in [2.05, 4.69) is 30.1 Å². The van der Waals surface area contributed by atoms with E-state index in [4.69, 9.17) is 5.26 Å². The lowest BCUT2D eigenvalue weighted by Gasteiger charge is -1.91. The molecule has 4 heteroatoms. The molecule has 48 valence electrons. The summed E-state index contributed by atoms with van der Waals surface area (Å²) in [7, 11) is 0. The molecule has 1 heterocycles. The minimum absolute atomic E-state index is 0.0272. The fraction of sp³-hybridized carbons (Fsp3) is 0. The monoisotopic (exact) mass is 409 g/mol. The molecule has 0 aromatic carbocycles. The summed E-state index contributed by atoms with van der Waals surface area (Å²) >= 11 is 3.33. The summed E-state index contributed by atoms with van der Waals surface area (Å²) in [5.41, 5.74) is 0. The van der Waals surface area contributed by atoms with Crippen LogP contribution >= 0.6 is 57.4 Å². The lowest BCUT2D eigenvalue weighted by Crippen LogP contribution is -1.78. The first kappa shape index (κ1) is 8.01. The molecule has 0 bridgehead atoms. The number of nitrogens with zero attached hydrogens (tertiary/aromatic N) is 1. The number of halogens is 3. The van der Waals surface area contributed by atoms with Crippen LogP contribution in [0.5, 0.6) is 0 Å². The number of nitriles is 1. The summed E-state index contributed by atoms with van der Waals surface area (Å²) in [6, 6.07) is 2.24. The SMILES string of the molecule is N#CC1=IC=C(Br)C=I1. The molecule has 0 amide bonds. The fourth-order valence-electron chi connectivity index (χ4n) is 0.296. The zero-order chi connectivity index (χ0) is 6.69. The largest absolute Gasteiger partial charge is 0.191 e. The van der Waals surface area contributed by atoms with E-state index in [1.165, 1.54) is 4.48 Å². The van der Waals surface area contributed by atoms with Crippen LogP contribution < -0.4 is 0 Å². The maximum Gasteiger partial charge on any atom is 0.117 e. The van der Waals surface area contributed by atoms with Crippen molar-refractivity contribution in [2.24, 2.45) is 0 Å². The predicted molar refractivity (Wildman–Crippen MR) is 61.7 cm³/mol. The van der Waals surface area contributed by atoms with Gasteiger partial charge >= 0.3 is 0 Å². The summed E-state index contributed by atoms with van der Waals surface area (Å²) in [6.07, 6.45) is 0. The van der Waals surface area contributed by atoms with Gasteiger partial charge in [-0.3, -0.25) is 0 Å². The molecule has 0 aliphatic carbocycles. The third-order valence-electron chi connectivity index (χ3n) is 0.594. The van der Waals surface area contributed by atoms with Gasteiger partial charge in [-0.1, -0.05) is 41.5 Å². The van der Waals surface area contributed by atoms with Crippen molar-refractivity contribution in [3.8, 4) is 6.07 Å². The lowest BCUT2D eigenvalue weighted by atomic mass is 10.8. The molecule has 0 N–H and O–H groups in total. The van der Waals surface area contributed by atoms with E-state index < -0.39 is 0 Å². The summed E-state index contributed by atoms with van der Waals surface area (Å²) in [4.78, 5) is 0. The molecular weight excluding hydrogens is 408 g/mol. The zero-order valence-corrected chi connectivity index (χ0v) is 10.1. The van der Waals surface area contributed by atoms with Crippen molar-refractivity contribution in [1.29, 1.82) is 5.26 Å². The Morgan fingerprint density at radius 2 is 2.44 bits per heavy atom. The van der Waals surface area contributed by atoms with Crippen LogP contribution in [0.1, 0.15) is 0 Å². The van der Waals surface area contributed by atoms with Gasteiger partial charge in [0.15, 0.2) is 0 Å². The Bertz CT molecular complexity index is 246. The Morgan fingerprint density at radius 3 is 2.89 bits per heavy atom. The molecule has 0 fully saturated rings. The van der Waals surface area contributed by atoms with E-state index in [0.717, 1.165) is 1.52 Å². The standard InChI is InChI=1S/C5H2BrI2N/c6-4-1-7-5(3-9)8-2-4/h1-2H. The van der Waals surface area contributed by atoms with Crippen LogP contribution in [0, 0.1) is 11.3 Å². The summed E-state index contributed by atoms with van der Waals surface area (Å²) in [5, 5.41) is 8.48. The second kappa shape index (κ2) is 3.93. The Balaban J connectivity index is 2.90. The van der Waals surface area contributed by atoms with Crippen molar-refractivity contribution in [2.75, 3.05) is 0 Å². The minimum Gasteiger partial charge on any atom is -0.191 e. The molecule has 1 rings (SSSR count). The van der Waals surface area contributed by atoms with Crippen LogP contribution in [-0.2, 0) is 0 Å². The molecule has 9 heavy (non-hydrogen) atoms. The van der Waals surface area contributed by atoms with Crippen molar-refractivity contribution in [1.82, 2.24) is 0 Å². The predicted octanol–water partition coefficient (Wildman–Crippen LogP) is 2.63. The second-order valence-electron chi connectivity index (χ2n) is 1.19. The molecular formula is C5H2BrI2N. The van der Waals surface area contributed by atoms with E-state index in [1.807, 2.05) is 0 Å². The van der Waals surface area contributed by atoms with Crippen LogP contribution in [0.4, 0.5) is 0 Å². The van der Waals surface area contributed by atoms with E-state index in [9.17, 15) is 0 Å². The molecule has 1 aliphatic heterocycles. The first-order chi connectivity index (χ1) is 4.33. The van der Waals surface area contributed by atoms with Gasteiger partial charge in [-0.05, 0) is 24.0 Å². The van der Waals surface area contributed by atoms with Gasteiger partial charge in [0.05, 0.1) is 0 Å². The van der Waals surface area contributed by atoms with Crippen molar-refractivity contribution >= 4 is 62.9 Å². The highest BCUT2D eigenvalue weighted by Gasteiger charge is 1.94. The number of hydrogen-bond donors (Lipinski definition) is 0. The van der Waals surface area contributed by atoms with Gasteiger partial charge in [0.25, 0.3) is 0 Å². The van der Waals surface area contributed by atoms with Gasteiger partial charge in [0.2, 0.25) is 0 Å². The number of hydrogen-bond acceptors (Lipinski definition) is 1. The van der Waals surface area contributed by atoms with Crippen LogP contribution in [0.3, 0.4) is 0 Å². The second-order valence-corrected chi connectivity index (χ2v) is 8.82. The minimum atomic E-state index is -0.0272. The third-order valence-corrected chi connectivity index (χ3v) is 9.46. The van der Waals surface area contributed by atoms with Crippen molar-refractivity contribution < 1.29 is 0 Å². The highest BCUT2D eigenvalue weighted by molar-refractivity contribution is 14.3. The van der Waals surface area contributed by atoms with E-state index >= 15 is 0 Å². The smallest absolute Gasteiger partial charge is 0.117 e. The highest BCUT2D eigenvalue weighted by Crippen LogP contribution is 2.23. The van der Waals surface area contributed by atoms with Crippen LogP contribution in [-0.4, -0.2) is 5.53 Å². The molecule has 1 aliphatic rings. The normalized spacial score (nSPS) is 17.8. The number of allylic oxidation sites excluding steroid dienone is 1. The maximum absolute atomic E-state index is 8.48. The Hall–Kier alpha value is 0.910. The molecule has 0 aromatic rings. The first-order valence-corrected chi connectivity index (χ1v) is 7.50. The molecule has 0 saturated heterocycles. The number of rotatable bonds is 0. The van der Waals surface area contributed by atoms with Crippen LogP contribution in [0.15, 0.2) is 8.57 Å². The van der Waals surface area contributed by atoms with Gasteiger partial charge in [-0.15, -0.1) is 0 Å². The van der Waals surface area contributed by atoms with Crippen molar-refractivity contribution in [3.63, 3.8) is 0 Å². The summed E-state index contributed by atoms with van der Waals surface area (Å²) in [5.74, 6) is 0. The maximum atomic E-state index is 8.48. The highest BCUT2D eigenvalue weighted by atomic mass is 127. The summed E-state index contributed by atoms with van der Waals surface area (Å²) in [6.45, 7) is 0. The Labute approximate surface area is 81.8 Å².